The van der Waals surface area contributed by atoms with Gasteiger partial charge in [-0.2, -0.15) is 0 Å². The van der Waals surface area contributed by atoms with Crippen LogP contribution >= 0.6 is 0 Å². The molecule has 2 heterocycles. The summed E-state index contributed by atoms with van der Waals surface area (Å²) >= 11 is 0. The minimum absolute atomic E-state index is 0.134. The van der Waals surface area contributed by atoms with Crippen molar-refractivity contribution in [3.8, 4) is 0 Å². The second-order valence-electron chi connectivity index (χ2n) is 4.33. The zero-order valence-electron chi connectivity index (χ0n) is 9.53. The molecule has 0 radical (unpaired) electrons. The van der Waals surface area contributed by atoms with E-state index in [4.69, 9.17) is 9.31 Å². The van der Waals surface area contributed by atoms with Crippen LogP contribution in [0.5, 0.6) is 0 Å². The highest BCUT2D eigenvalue weighted by Crippen LogP contribution is 2.27. The first kappa shape index (κ1) is 10.7. The summed E-state index contributed by atoms with van der Waals surface area (Å²) < 4.78 is 11.5. The van der Waals surface area contributed by atoms with Crippen molar-refractivity contribution >= 4 is 7.12 Å². The predicted octanol–water partition coefficient (Wildman–Crippen LogP) is 2.20. The van der Waals surface area contributed by atoms with E-state index in [9.17, 15) is 0 Å². The van der Waals surface area contributed by atoms with E-state index < -0.39 is 0 Å². The molecular formula is C13H14BNO2. The Balaban J connectivity index is 1.61. The largest absolute Gasteiger partial charge is 0.468 e. The lowest BCUT2D eigenvalue weighted by atomic mass is 9.71. The molecule has 4 heteroatoms. The van der Waals surface area contributed by atoms with Gasteiger partial charge in [-0.15, -0.1) is 0 Å². The Morgan fingerprint density at radius 2 is 1.88 bits per heavy atom. The highest BCUT2D eigenvalue weighted by atomic mass is 16.6. The molecule has 1 aliphatic heterocycles. The summed E-state index contributed by atoms with van der Waals surface area (Å²) in [6.45, 7) is 1.36. The van der Waals surface area contributed by atoms with Crippen molar-refractivity contribution in [3.05, 3.63) is 54.4 Å². The third-order valence-electron chi connectivity index (χ3n) is 3.12. The van der Waals surface area contributed by atoms with Gasteiger partial charge in [0.2, 0.25) is 0 Å². The summed E-state index contributed by atoms with van der Waals surface area (Å²) in [7, 11) is -0.134. The van der Waals surface area contributed by atoms with Crippen molar-refractivity contribution < 1.29 is 9.31 Å². The van der Waals surface area contributed by atoms with E-state index in [1.807, 2.05) is 36.5 Å². The minimum Gasteiger partial charge on any atom is -0.410 e. The number of aromatic nitrogens is 1. The van der Waals surface area contributed by atoms with Gasteiger partial charge in [0.15, 0.2) is 0 Å². The molecule has 86 valence electrons. The Morgan fingerprint density at radius 1 is 1.12 bits per heavy atom. The van der Waals surface area contributed by atoms with Crippen molar-refractivity contribution in [2.24, 2.45) is 0 Å². The molecular weight excluding hydrogens is 213 g/mol. The van der Waals surface area contributed by atoms with Crippen molar-refractivity contribution in [2.45, 2.75) is 11.7 Å². The average molecular weight is 227 g/mol. The van der Waals surface area contributed by atoms with Gasteiger partial charge in [-0.1, -0.05) is 30.4 Å². The minimum atomic E-state index is -0.134. The molecule has 0 bridgehead atoms. The average Bonchev–Trinajstić information content (AvgIpc) is 2.94. The van der Waals surface area contributed by atoms with Crippen LogP contribution in [0.1, 0.15) is 11.6 Å². The van der Waals surface area contributed by atoms with Crippen LogP contribution in [0, 0.1) is 0 Å². The Kier molecular flexibility index (Phi) is 3.07. The number of allylic oxidation sites excluding steroid dienone is 4. The number of pyridine rings is 1. The van der Waals surface area contributed by atoms with Crippen LogP contribution in [0.3, 0.4) is 0 Å². The second kappa shape index (κ2) is 4.86. The Morgan fingerprint density at radius 3 is 2.53 bits per heavy atom. The third-order valence-corrected chi connectivity index (χ3v) is 3.12. The molecule has 0 saturated carbocycles. The van der Waals surface area contributed by atoms with Gasteiger partial charge in [0.25, 0.3) is 0 Å². The lowest BCUT2D eigenvalue weighted by Gasteiger charge is -2.28. The van der Waals surface area contributed by atoms with E-state index in [2.05, 4.69) is 17.1 Å². The maximum atomic E-state index is 5.76. The van der Waals surface area contributed by atoms with E-state index in [0.29, 0.717) is 13.2 Å². The first-order chi connectivity index (χ1) is 8.43. The molecule has 0 aromatic carbocycles. The summed E-state index contributed by atoms with van der Waals surface area (Å²) in [5, 5.41) is 0. The molecule has 1 aromatic heterocycles. The van der Waals surface area contributed by atoms with Crippen molar-refractivity contribution in [1.82, 2.24) is 4.98 Å². The van der Waals surface area contributed by atoms with Gasteiger partial charge >= 0.3 is 7.12 Å². The van der Waals surface area contributed by atoms with Gasteiger partial charge in [-0.25, -0.2) is 0 Å². The highest BCUT2D eigenvalue weighted by molar-refractivity contribution is 6.48. The number of hydrogen-bond donors (Lipinski definition) is 0. The maximum absolute atomic E-state index is 5.76. The van der Waals surface area contributed by atoms with E-state index in [-0.39, 0.29) is 18.9 Å². The number of rotatable bonds is 2. The van der Waals surface area contributed by atoms with Crippen LogP contribution in [-0.2, 0) is 9.31 Å². The summed E-state index contributed by atoms with van der Waals surface area (Å²) in [5.41, 5.74) is 1.04. The van der Waals surface area contributed by atoms with Crippen LogP contribution in [0.4, 0.5) is 0 Å². The third kappa shape index (κ3) is 2.33. The fourth-order valence-corrected chi connectivity index (χ4v) is 2.16. The van der Waals surface area contributed by atoms with Crippen LogP contribution in [0.2, 0.25) is 5.82 Å². The topological polar surface area (TPSA) is 31.4 Å². The molecule has 3 nitrogen and oxygen atoms in total. The summed E-state index contributed by atoms with van der Waals surface area (Å²) in [5.74, 6) is 0.515. The molecule has 0 N–H and O–H groups in total. The Labute approximate surface area is 101 Å². The van der Waals surface area contributed by atoms with E-state index >= 15 is 0 Å². The fourth-order valence-electron chi connectivity index (χ4n) is 2.16. The lowest BCUT2D eigenvalue weighted by Crippen LogP contribution is -2.37. The van der Waals surface area contributed by atoms with Crippen molar-refractivity contribution in [1.29, 1.82) is 0 Å². The van der Waals surface area contributed by atoms with Crippen molar-refractivity contribution in [2.75, 3.05) is 13.2 Å². The number of hydrogen-bond acceptors (Lipinski definition) is 3. The second-order valence-corrected chi connectivity index (χ2v) is 4.33. The molecule has 0 atom stereocenters. The Hall–Kier alpha value is -1.39. The van der Waals surface area contributed by atoms with Gasteiger partial charge in [0, 0.05) is 36.8 Å². The number of nitrogens with zero attached hydrogens (tertiary/aromatic N) is 1. The Bertz CT molecular complexity index is 412. The molecule has 1 aromatic rings. The first-order valence-corrected chi connectivity index (χ1v) is 5.92. The SMILES string of the molecule is C1=CC(B2OCC(c3ccccn3)CO2)C=C1. The maximum Gasteiger partial charge on any atom is 0.468 e. The first-order valence-electron chi connectivity index (χ1n) is 5.92. The van der Waals surface area contributed by atoms with Crippen molar-refractivity contribution in [3.63, 3.8) is 0 Å². The van der Waals surface area contributed by atoms with Crippen LogP contribution in [0.25, 0.3) is 0 Å². The smallest absolute Gasteiger partial charge is 0.410 e. The zero-order chi connectivity index (χ0) is 11.5. The van der Waals surface area contributed by atoms with Crippen LogP contribution in [-0.4, -0.2) is 25.3 Å². The molecule has 0 unspecified atom stereocenters. The van der Waals surface area contributed by atoms with E-state index in [0.717, 1.165) is 5.69 Å². The molecule has 0 amide bonds. The molecule has 2 aliphatic rings. The van der Waals surface area contributed by atoms with Gasteiger partial charge in [0.05, 0.1) is 0 Å². The molecule has 1 fully saturated rings. The summed E-state index contributed by atoms with van der Waals surface area (Å²) in [6.07, 6.45) is 10.1. The monoisotopic (exact) mass is 227 g/mol. The summed E-state index contributed by atoms with van der Waals surface area (Å²) in [6, 6.07) is 5.94. The van der Waals surface area contributed by atoms with Gasteiger partial charge in [-0.3, -0.25) is 4.98 Å². The summed E-state index contributed by atoms with van der Waals surface area (Å²) in [4.78, 5) is 4.34. The van der Waals surface area contributed by atoms with Gasteiger partial charge in [-0.05, 0) is 12.1 Å². The zero-order valence-corrected chi connectivity index (χ0v) is 9.53. The molecule has 17 heavy (non-hydrogen) atoms. The quantitative estimate of drug-likeness (QED) is 0.725. The van der Waals surface area contributed by atoms with E-state index in [1.165, 1.54) is 0 Å². The lowest BCUT2D eigenvalue weighted by molar-refractivity contribution is 0.109. The molecule has 0 spiro atoms. The van der Waals surface area contributed by atoms with Crippen LogP contribution < -0.4 is 0 Å². The van der Waals surface area contributed by atoms with Gasteiger partial charge in [0.1, 0.15) is 0 Å². The van der Waals surface area contributed by atoms with Gasteiger partial charge < -0.3 is 9.31 Å². The highest BCUT2D eigenvalue weighted by Gasteiger charge is 2.33. The van der Waals surface area contributed by atoms with E-state index in [1.54, 1.807) is 0 Å². The molecule has 1 aliphatic carbocycles. The normalized spacial score (nSPS) is 21.3. The van der Waals surface area contributed by atoms with Crippen LogP contribution in [0.15, 0.2) is 48.7 Å². The molecule has 1 saturated heterocycles. The standard InChI is InChI=1S/C13H14BNO2/c1-2-6-12(5-1)14-16-9-11(10-17-14)13-7-3-4-8-15-13/h1-8,11-12H,9-10H2. The molecule has 3 rings (SSSR count). The predicted molar refractivity (Wildman–Crippen MR) is 66.7 cm³/mol. The fraction of sp³-hybridized carbons (Fsp3) is 0.308.